The zero-order chi connectivity index (χ0) is 14.9. The van der Waals surface area contributed by atoms with Crippen LogP contribution in [0.1, 0.15) is 47.0 Å². The highest BCUT2D eigenvalue weighted by Gasteiger charge is 2.47. The lowest BCUT2D eigenvalue weighted by Gasteiger charge is -2.50. The van der Waals surface area contributed by atoms with Gasteiger partial charge in [0.05, 0.1) is 0 Å². The van der Waals surface area contributed by atoms with Crippen LogP contribution in [0, 0.1) is 11.8 Å². The summed E-state index contributed by atoms with van der Waals surface area (Å²) < 4.78 is 0. The molecule has 1 N–H and O–H groups in total. The first kappa shape index (κ1) is 16.3. The third-order valence-electron chi connectivity index (χ3n) is 5.46. The normalized spacial score (nSPS) is 33.9. The molecule has 1 aliphatic carbocycles. The van der Waals surface area contributed by atoms with Gasteiger partial charge in [-0.1, -0.05) is 13.8 Å². The van der Waals surface area contributed by atoms with E-state index in [2.05, 4.69) is 56.9 Å². The van der Waals surface area contributed by atoms with Crippen LogP contribution in [0.15, 0.2) is 0 Å². The second-order valence-corrected chi connectivity index (χ2v) is 8.00. The van der Waals surface area contributed by atoms with Crippen molar-refractivity contribution in [3.05, 3.63) is 0 Å². The number of hydrogen-bond acceptors (Lipinski definition) is 3. The molecule has 1 saturated heterocycles. The van der Waals surface area contributed by atoms with E-state index in [0.717, 1.165) is 18.4 Å². The molecule has 2 fully saturated rings. The highest BCUT2D eigenvalue weighted by Crippen LogP contribution is 2.42. The largest absolute Gasteiger partial charge is 0.309 e. The Bertz CT molecular complexity index is 311. The molecule has 20 heavy (non-hydrogen) atoms. The third kappa shape index (κ3) is 3.75. The molecule has 1 heterocycles. The Morgan fingerprint density at radius 1 is 1.25 bits per heavy atom. The molecule has 0 amide bonds. The van der Waals surface area contributed by atoms with Gasteiger partial charge in [0.1, 0.15) is 0 Å². The first-order chi connectivity index (χ1) is 9.33. The highest BCUT2D eigenvalue weighted by atomic mass is 15.3. The quantitative estimate of drug-likeness (QED) is 0.807. The van der Waals surface area contributed by atoms with Crippen LogP contribution in [0.25, 0.3) is 0 Å². The number of nitrogens with one attached hydrogen (secondary N) is 1. The molecule has 3 heteroatoms. The van der Waals surface area contributed by atoms with E-state index in [1.807, 2.05) is 0 Å². The van der Waals surface area contributed by atoms with Crippen molar-refractivity contribution >= 4 is 0 Å². The zero-order valence-corrected chi connectivity index (χ0v) is 14.4. The lowest BCUT2D eigenvalue weighted by Crippen LogP contribution is -2.66. The fourth-order valence-corrected chi connectivity index (χ4v) is 3.71. The van der Waals surface area contributed by atoms with Gasteiger partial charge in [0.2, 0.25) is 0 Å². The van der Waals surface area contributed by atoms with Gasteiger partial charge in [-0.25, -0.2) is 0 Å². The Kier molecular flexibility index (Phi) is 5.14. The van der Waals surface area contributed by atoms with Crippen LogP contribution in [0.3, 0.4) is 0 Å². The summed E-state index contributed by atoms with van der Waals surface area (Å²) in [5.41, 5.74) is 0.359. The summed E-state index contributed by atoms with van der Waals surface area (Å²) in [6.45, 7) is 13.2. The van der Waals surface area contributed by atoms with Gasteiger partial charge in [-0.3, -0.25) is 4.90 Å². The van der Waals surface area contributed by atoms with Crippen LogP contribution in [0.5, 0.6) is 0 Å². The van der Waals surface area contributed by atoms with Crippen molar-refractivity contribution in [2.45, 2.75) is 64.6 Å². The van der Waals surface area contributed by atoms with Gasteiger partial charge in [0.15, 0.2) is 0 Å². The molecule has 3 unspecified atom stereocenters. The molecule has 3 atom stereocenters. The van der Waals surface area contributed by atoms with Crippen molar-refractivity contribution in [2.75, 3.05) is 33.7 Å². The Morgan fingerprint density at radius 3 is 2.40 bits per heavy atom. The Hall–Kier alpha value is -0.120. The lowest BCUT2D eigenvalue weighted by atomic mass is 9.87. The number of rotatable bonds is 6. The average Bonchev–Trinajstić information content (AvgIpc) is 3.19. The smallest absolute Gasteiger partial charge is 0.0309 e. The highest BCUT2D eigenvalue weighted by molar-refractivity contribution is 5.05. The summed E-state index contributed by atoms with van der Waals surface area (Å²) in [7, 11) is 4.36. The molecule has 0 aromatic rings. The molecule has 118 valence electrons. The molecule has 0 radical (unpaired) electrons. The van der Waals surface area contributed by atoms with E-state index in [1.54, 1.807) is 0 Å². The van der Waals surface area contributed by atoms with E-state index in [9.17, 15) is 0 Å². The van der Waals surface area contributed by atoms with E-state index >= 15 is 0 Å². The van der Waals surface area contributed by atoms with Gasteiger partial charge in [-0.2, -0.15) is 0 Å². The molecular formula is C17H35N3. The summed E-state index contributed by atoms with van der Waals surface area (Å²) in [6.07, 6.45) is 4.13. The zero-order valence-electron chi connectivity index (χ0n) is 14.4. The summed E-state index contributed by atoms with van der Waals surface area (Å²) in [5.74, 6) is 1.65. The maximum absolute atomic E-state index is 3.89. The number of piperazine rings is 1. The van der Waals surface area contributed by atoms with Gasteiger partial charge in [-0.15, -0.1) is 0 Å². The van der Waals surface area contributed by atoms with Crippen molar-refractivity contribution in [1.82, 2.24) is 15.1 Å². The molecule has 0 bridgehead atoms. The van der Waals surface area contributed by atoms with Gasteiger partial charge < -0.3 is 10.2 Å². The van der Waals surface area contributed by atoms with E-state index in [0.29, 0.717) is 17.6 Å². The summed E-state index contributed by atoms with van der Waals surface area (Å²) in [5, 5.41) is 3.89. The third-order valence-corrected chi connectivity index (χ3v) is 5.46. The van der Waals surface area contributed by atoms with Gasteiger partial charge in [-0.05, 0) is 65.6 Å². The van der Waals surface area contributed by atoms with Crippen LogP contribution < -0.4 is 5.32 Å². The minimum atomic E-state index is 0.359. The van der Waals surface area contributed by atoms with Crippen molar-refractivity contribution in [1.29, 1.82) is 0 Å². The van der Waals surface area contributed by atoms with E-state index < -0.39 is 0 Å². The minimum absolute atomic E-state index is 0.359. The predicted octanol–water partition coefficient (Wildman–Crippen LogP) is 2.43. The van der Waals surface area contributed by atoms with E-state index in [4.69, 9.17) is 0 Å². The SMILES string of the molecule is CC(C)C1CNC(C)(C2CC2)CN1C(C)CCN(C)C. The fraction of sp³-hybridized carbons (Fsp3) is 1.00. The van der Waals surface area contributed by atoms with E-state index in [1.165, 1.54) is 32.4 Å². The van der Waals surface area contributed by atoms with Crippen molar-refractivity contribution in [2.24, 2.45) is 11.8 Å². The number of nitrogens with zero attached hydrogens (tertiary/aromatic N) is 2. The van der Waals surface area contributed by atoms with Crippen molar-refractivity contribution in [3.63, 3.8) is 0 Å². The monoisotopic (exact) mass is 281 g/mol. The summed E-state index contributed by atoms with van der Waals surface area (Å²) in [6, 6.07) is 1.38. The average molecular weight is 281 g/mol. The predicted molar refractivity (Wildman–Crippen MR) is 87.1 cm³/mol. The molecule has 2 aliphatic rings. The first-order valence-corrected chi connectivity index (χ1v) is 8.49. The second-order valence-electron chi connectivity index (χ2n) is 8.00. The molecule has 1 aliphatic heterocycles. The van der Waals surface area contributed by atoms with Crippen LogP contribution in [0.4, 0.5) is 0 Å². The second kappa shape index (κ2) is 6.33. The Balaban J connectivity index is 2.02. The maximum atomic E-state index is 3.89. The Morgan fingerprint density at radius 2 is 1.90 bits per heavy atom. The van der Waals surface area contributed by atoms with Crippen LogP contribution >= 0.6 is 0 Å². The van der Waals surface area contributed by atoms with Crippen LogP contribution in [-0.2, 0) is 0 Å². The fourth-order valence-electron chi connectivity index (χ4n) is 3.71. The molecule has 2 rings (SSSR count). The van der Waals surface area contributed by atoms with Crippen molar-refractivity contribution < 1.29 is 0 Å². The molecule has 0 aromatic heterocycles. The van der Waals surface area contributed by atoms with Gasteiger partial charge in [0.25, 0.3) is 0 Å². The van der Waals surface area contributed by atoms with Crippen LogP contribution in [0.2, 0.25) is 0 Å². The topological polar surface area (TPSA) is 18.5 Å². The Labute approximate surface area is 126 Å². The van der Waals surface area contributed by atoms with Gasteiger partial charge >= 0.3 is 0 Å². The van der Waals surface area contributed by atoms with E-state index in [-0.39, 0.29) is 0 Å². The maximum Gasteiger partial charge on any atom is 0.0309 e. The standard InChI is InChI=1S/C17H35N3/c1-13(2)16-11-18-17(4,15-7-8-15)12-20(16)14(3)9-10-19(5)6/h13-16,18H,7-12H2,1-6H3. The number of hydrogen-bond donors (Lipinski definition) is 1. The molecule has 0 aromatic carbocycles. The molecule has 1 saturated carbocycles. The molecular weight excluding hydrogens is 246 g/mol. The molecule has 3 nitrogen and oxygen atoms in total. The first-order valence-electron chi connectivity index (χ1n) is 8.49. The van der Waals surface area contributed by atoms with Gasteiger partial charge in [0, 0.05) is 30.7 Å². The lowest BCUT2D eigenvalue weighted by molar-refractivity contribution is 0.0193. The van der Waals surface area contributed by atoms with Crippen LogP contribution in [-0.4, -0.2) is 61.2 Å². The summed E-state index contributed by atoms with van der Waals surface area (Å²) >= 11 is 0. The minimum Gasteiger partial charge on any atom is -0.309 e. The summed E-state index contributed by atoms with van der Waals surface area (Å²) in [4.78, 5) is 5.12. The van der Waals surface area contributed by atoms with Crippen molar-refractivity contribution in [3.8, 4) is 0 Å². The molecule has 0 spiro atoms.